The third kappa shape index (κ3) is 5.16. The highest BCUT2D eigenvalue weighted by Gasteiger charge is 2.22. The number of aromatic nitrogens is 2. The van der Waals surface area contributed by atoms with Crippen molar-refractivity contribution in [3.05, 3.63) is 78.0 Å². The highest BCUT2D eigenvalue weighted by Crippen LogP contribution is 2.24. The van der Waals surface area contributed by atoms with Crippen LogP contribution in [0.15, 0.2) is 66.9 Å². The van der Waals surface area contributed by atoms with Crippen molar-refractivity contribution in [2.24, 2.45) is 0 Å². The zero-order valence-corrected chi connectivity index (χ0v) is 16.1. The predicted molar refractivity (Wildman–Crippen MR) is 111 cm³/mol. The maximum atomic E-state index is 12.3. The summed E-state index contributed by atoms with van der Waals surface area (Å²) in [6.45, 7) is 2.64. The Morgan fingerprint density at radius 2 is 1.69 bits per heavy atom. The first-order chi connectivity index (χ1) is 14.1. The standard InChI is InChI=1S/C22H22N4O3/c1-2-23-19(27)15-26(14-16-9-5-3-6-10-16)21-18(22(28)29)13-24-20(25-21)17-11-7-4-8-12-17/h3-13H,2,14-15H2,1H3,(H,23,27)(H,28,29). The number of carboxylic acid groups (broad SMARTS) is 1. The van der Waals surface area contributed by atoms with Crippen LogP contribution in [0, 0.1) is 0 Å². The lowest BCUT2D eigenvalue weighted by Crippen LogP contribution is -2.38. The van der Waals surface area contributed by atoms with E-state index in [0.29, 0.717) is 18.9 Å². The first-order valence-electron chi connectivity index (χ1n) is 9.29. The molecule has 0 saturated carbocycles. The summed E-state index contributed by atoms with van der Waals surface area (Å²) in [5.41, 5.74) is 1.65. The number of nitrogens with one attached hydrogen (secondary N) is 1. The third-order valence-electron chi connectivity index (χ3n) is 4.26. The minimum absolute atomic E-state index is 0.0196. The first kappa shape index (κ1) is 20.0. The van der Waals surface area contributed by atoms with Gasteiger partial charge in [-0.3, -0.25) is 4.79 Å². The van der Waals surface area contributed by atoms with E-state index in [-0.39, 0.29) is 23.8 Å². The number of rotatable bonds is 8. The number of benzene rings is 2. The van der Waals surface area contributed by atoms with Crippen molar-refractivity contribution in [2.75, 3.05) is 18.0 Å². The molecule has 3 rings (SSSR count). The minimum Gasteiger partial charge on any atom is -0.477 e. The zero-order chi connectivity index (χ0) is 20.6. The zero-order valence-electron chi connectivity index (χ0n) is 16.1. The van der Waals surface area contributed by atoms with E-state index in [1.165, 1.54) is 6.20 Å². The number of carbonyl (C=O) groups excluding carboxylic acids is 1. The molecule has 7 nitrogen and oxygen atoms in total. The van der Waals surface area contributed by atoms with Crippen LogP contribution >= 0.6 is 0 Å². The van der Waals surface area contributed by atoms with Gasteiger partial charge >= 0.3 is 5.97 Å². The van der Waals surface area contributed by atoms with Gasteiger partial charge in [0.25, 0.3) is 0 Å². The van der Waals surface area contributed by atoms with Gasteiger partial charge in [-0.2, -0.15) is 0 Å². The van der Waals surface area contributed by atoms with Crippen LogP contribution in [0.1, 0.15) is 22.8 Å². The summed E-state index contributed by atoms with van der Waals surface area (Å²) >= 11 is 0. The Labute approximate surface area is 169 Å². The Morgan fingerprint density at radius 1 is 1.03 bits per heavy atom. The maximum Gasteiger partial charge on any atom is 0.341 e. The Hall–Kier alpha value is -3.74. The normalized spacial score (nSPS) is 10.4. The molecule has 0 saturated heterocycles. The fraction of sp³-hybridized carbons (Fsp3) is 0.182. The second kappa shape index (κ2) is 9.45. The van der Waals surface area contributed by atoms with Crippen LogP contribution < -0.4 is 10.2 Å². The number of likely N-dealkylation sites (N-methyl/N-ethyl adjacent to an activating group) is 1. The van der Waals surface area contributed by atoms with Gasteiger partial charge in [0.2, 0.25) is 5.91 Å². The molecule has 0 radical (unpaired) electrons. The average molecular weight is 390 g/mol. The molecule has 0 unspecified atom stereocenters. The second-order valence-corrected chi connectivity index (χ2v) is 6.40. The van der Waals surface area contributed by atoms with Crippen LogP contribution in [0.2, 0.25) is 0 Å². The number of amides is 1. The number of carbonyl (C=O) groups is 2. The van der Waals surface area contributed by atoms with E-state index in [9.17, 15) is 14.7 Å². The molecular weight excluding hydrogens is 368 g/mol. The van der Waals surface area contributed by atoms with Crippen LogP contribution in [-0.4, -0.2) is 40.0 Å². The number of hydrogen-bond donors (Lipinski definition) is 2. The lowest BCUT2D eigenvalue weighted by atomic mass is 10.1. The maximum absolute atomic E-state index is 12.3. The number of nitrogens with zero attached hydrogens (tertiary/aromatic N) is 3. The highest BCUT2D eigenvalue weighted by molar-refractivity contribution is 5.94. The van der Waals surface area contributed by atoms with Crippen molar-refractivity contribution < 1.29 is 14.7 Å². The molecule has 0 bridgehead atoms. The quantitative estimate of drug-likeness (QED) is 0.614. The van der Waals surface area contributed by atoms with Crippen molar-refractivity contribution in [3.8, 4) is 11.4 Å². The van der Waals surface area contributed by atoms with E-state index < -0.39 is 5.97 Å². The molecule has 7 heteroatoms. The van der Waals surface area contributed by atoms with Crippen LogP contribution in [0.5, 0.6) is 0 Å². The van der Waals surface area contributed by atoms with Crippen molar-refractivity contribution in [1.82, 2.24) is 15.3 Å². The van der Waals surface area contributed by atoms with E-state index in [1.807, 2.05) is 67.6 Å². The smallest absolute Gasteiger partial charge is 0.341 e. The average Bonchev–Trinajstić information content (AvgIpc) is 2.74. The Kier molecular flexibility index (Phi) is 6.52. The molecule has 1 aromatic heterocycles. The summed E-state index contributed by atoms with van der Waals surface area (Å²) in [7, 11) is 0. The summed E-state index contributed by atoms with van der Waals surface area (Å²) in [5.74, 6) is -0.741. The minimum atomic E-state index is -1.14. The molecule has 0 fully saturated rings. The molecule has 0 aliphatic rings. The SMILES string of the molecule is CCNC(=O)CN(Cc1ccccc1)c1nc(-c2ccccc2)ncc1C(=O)O. The van der Waals surface area contributed by atoms with Gasteiger partial charge in [-0.15, -0.1) is 0 Å². The predicted octanol–water partition coefficient (Wildman–Crippen LogP) is 2.98. The lowest BCUT2D eigenvalue weighted by Gasteiger charge is -2.25. The number of carboxylic acids is 1. The molecule has 148 valence electrons. The summed E-state index contributed by atoms with van der Waals surface area (Å²) < 4.78 is 0. The molecule has 29 heavy (non-hydrogen) atoms. The third-order valence-corrected chi connectivity index (χ3v) is 4.26. The summed E-state index contributed by atoms with van der Waals surface area (Å²) in [4.78, 5) is 34.5. The van der Waals surface area contributed by atoms with E-state index in [2.05, 4.69) is 15.3 Å². The molecule has 1 amide bonds. The monoisotopic (exact) mass is 390 g/mol. The van der Waals surface area contributed by atoms with Gasteiger partial charge in [0, 0.05) is 24.8 Å². The van der Waals surface area contributed by atoms with Gasteiger partial charge in [0.05, 0.1) is 6.54 Å². The van der Waals surface area contributed by atoms with Crippen LogP contribution in [0.4, 0.5) is 5.82 Å². The molecule has 0 spiro atoms. The van der Waals surface area contributed by atoms with Crippen molar-refractivity contribution in [3.63, 3.8) is 0 Å². The van der Waals surface area contributed by atoms with Crippen LogP contribution in [0.25, 0.3) is 11.4 Å². The Bertz CT molecular complexity index is 978. The van der Waals surface area contributed by atoms with Gasteiger partial charge in [-0.25, -0.2) is 14.8 Å². The van der Waals surface area contributed by atoms with Crippen molar-refractivity contribution in [2.45, 2.75) is 13.5 Å². The summed E-state index contributed by atoms with van der Waals surface area (Å²) in [6, 6.07) is 18.8. The van der Waals surface area contributed by atoms with Crippen molar-refractivity contribution in [1.29, 1.82) is 0 Å². The number of anilines is 1. The van der Waals surface area contributed by atoms with E-state index in [0.717, 1.165) is 11.1 Å². The molecule has 0 aliphatic carbocycles. The van der Waals surface area contributed by atoms with Gasteiger partial charge in [-0.05, 0) is 12.5 Å². The summed E-state index contributed by atoms with van der Waals surface area (Å²) in [6.07, 6.45) is 1.29. The van der Waals surface area contributed by atoms with E-state index in [1.54, 1.807) is 4.90 Å². The van der Waals surface area contributed by atoms with Crippen molar-refractivity contribution >= 4 is 17.7 Å². The molecule has 2 aromatic carbocycles. The van der Waals surface area contributed by atoms with Gasteiger partial charge in [-0.1, -0.05) is 60.7 Å². The highest BCUT2D eigenvalue weighted by atomic mass is 16.4. The molecule has 0 aliphatic heterocycles. The molecular formula is C22H22N4O3. The van der Waals surface area contributed by atoms with Crippen LogP contribution in [-0.2, 0) is 11.3 Å². The van der Waals surface area contributed by atoms with Gasteiger partial charge < -0.3 is 15.3 Å². The summed E-state index contributed by atoms with van der Waals surface area (Å²) in [5, 5.41) is 12.4. The van der Waals surface area contributed by atoms with Crippen LogP contribution in [0.3, 0.4) is 0 Å². The molecule has 2 N–H and O–H groups in total. The van der Waals surface area contributed by atoms with Gasteiger partial charge in [0.1, 0.15) is 11.4 Å². The molecule has 1 heterocycles. The fourth-order valence-corrected chi connectivity index (χ4v) is 2.93. The largest absolute Gasteiger partial charge is 0.477 e. The topological polar surface area (TPSA) is 95.4 Å². The lowest BCUT2D eigenvalue weighted by molar-refractivity contribution is -0.119. The fourth-order valence-electron chi connectivity index (χ4n) is 2.93. The van der Waals surface area contributed by atoms with E-state index >= 15 is 0 Å². The molecule has 3 aromatic rings. The Balaban J connectivity index is 2.05. The Morgan fingerprint density at radius 3 is 2.31 bits per heavy atom. The first-order valence-corrected chi connectivity index (χ1v) is 9.29. The van der Waals surface area contributed by atoms with E-state index in [4.69, 9.17) is 0 Å². The number of aromatic carboxylic acids is 1. The van der Waals surface area contributed by atoms with Gasteiger partial charge in [0.15, 0.2) is 5.82 Å². The second-order valence-electron chi connectivity index (χ2n) is 6.40. The molecule has 0 atom stereocenters. The number of hydrogen-bond acceptors (Lipinski definition) is 5.